The quantitative estimate of drug-likeness (QED) is 0.705. The first kappa shape index (κ1) is 14.3. The van der Waals surface area contributed by atoms with E-state index in [9.17, 15) is 9.59 Å². The Balaban J connectivity index is 2.41. The number of nitrogens with one attached hydrogen (secondary N) is 1. The van der Waals surface area contributed by atoms with Crippen molar-refractivity contribution < 1.29 is 19.4 Å². The van der Waals surface area contributed by atoms with Gasteiger partial charge < -0.3 is 9.84 Å². The van der Waals surface area contributed by atoms with E-state index >= 15 is 0 Å². The second-order valence-electron chi connectivity index (χ2n) is 4.69. The van der Waals surface area contributed by atoms with Gasteiger partial charge in [-0.3, -0.25) is 10.3 Å². The van der Waals surface area contributed by atoms with Crippen LogP contribution < -0.4 is 5.32 Å². The van der Waals surface area contributed by atoms with Crippen LogP contribution in [-0.2, 0) is 4.74 Å². The number of hydrogen-bond acceptors (Lipinski definition) is 5. The van der Waals surface area contributed by atoms with Crippen molar-refractivity contribution in [2.75, 3.05) is 12.4 Å². The van der Waals surface area contributed by atoms with Crippen molar-refractivity contribution in [2.45, 2.75) is 6.92 Å². The van der Waals surface area contributed by atoms with Crippen molar-refractivity contribution in [3.63, 3.8) is 0 Å². The van der Waals surface area contributed by atoms with Crippen LogP contribution in [0, 0.1) is 6.92 Å². The zero-order valence-electron chi connectivity index (χ0n) is 11.8. The molecule has 0 spiro atoms. The van der Waals surface area contributed by atoms with Crippen molar-refractivity contribution in [3.05, 3.63) is 34.8 Å². The first-order valence-corrected chi connectivity index (χ1v) is 7.24. The number of thiophene rings is 1. The Morgan fingerprint density at radius 2 is 2.05 bits per heavy atom. The number of pyridine rings is 1. The minimum absolute atomic E-state index is 0.230. The fourth-order valence-corrected chi connectivity index (χ4v) is 3.46. The summed E-state index contributed by atoms with van der Waals surface area (Å²) in [6.07, 6.45) is -1.23. The van der Waals surface area contributed by atoms with Gasteiger partial charge in [-0.15, -0.1) is 11.3 Å². The highest BCUT2D eigenvalue weighted by Gasteiger charge is 2.22. The Hall–Kier alpha value is -2.67. The fraction of sp³-hybridized carbons (Fsp3) is 0.133. The van der Waals surface area contributed by atoms with Gasteiger partial charge in [0.1, 0.15) is 4.88 Å². The van der Waals surface area contributed by atoms with Gasteiger partial charge in [-0.2, -0.15) is 0 Å². The maximum atomic E-state index is 11.9. The van der Waals surface area contributed by atoms with Crippen molar-refractivity contribution in [1.29, 1.82) is 0 Å². The van der Waals surface area contributed by atoms with Crippen molar-refractivity contribution in [3.8, 4) is 0 Å². The number of esters is 1. The van der Waals surface area contributed by atoms with Gasteiger partial charge in [-0.05, 0) is 25.1 Å². The predicted molar refractivity (Wildman–Crippen MR) is 84.9 cm³/mol. The number of carbonyl (C=O) groups is 2. The number of carbonyl (C=O) groups excluding carboxylic acids is 1. The Morgan fingerprint density at radius 1 is 1.27 bits per heavy atom. The number of carboxylic acid groups (broad SMARTS) is 1. The number of amides is 1. The molecule has 2 N–H and O–H groups in total. The number of nitrogens with zero attached hydrogens (tertiary/aromatic N) is 1. The summed E-state index contributed by atoms with van der Waals surface area (Å²) in [5, 5.41) is 12.8. The highest BCUT2D eigenvalue weighted by molar-refractivity contribution is 7.21. The fourth-order valence-electron chi connectivity index (χ4n) is 2.37. The minimum Gasteiger partial charge on any atom is -0.465 e. The van der Waals surface area contributed by atoms with E-state index < -0.39 is 12.1 Å². The molecule has 0 saturated heterocycles. The maximum Gasteiger partial charge on any atom is 0.409 e. The standard InChI is InChI=1S/C15H12N2O4S/c1-7-3-4-8-9(16-7)5-6-10-11(8)12(17-15(19)20)13(22-10)14(18)21-2/h3-6,17H,1-2H3,(H,19,20). The molecule has 0 aliphatic heterocycles. The smallest absolute Gasteiger partial charge is 0.409 e. The van der Waals surface area contributed by atoms with E-state index in [-0.39, 0.29) is 10.6 Å². The molecule has 2 heterocycles. The van der Waals surface area contributed by atoms with Crippen LogP contribution in [0.2, 0.25) is 0 Å². The van der Waals surface area contributed by atoms with E-state index in [1.165, 1.54) is 18.4 Å². The molecule has 0 bridgehead atoms. The normalized spacial score (nSPS) is 10.8. The summed E-state index contributed by atoms with van der Waals surface area (Å²) >= 11 is 1.19. The molecular weight excluding hydrogens is 304 g/mol. The number of aromatic nitrogens is 1. The monoisotopic (exact) mass is 316 g/mol. The van der Waals surface area contributed by atoms with Gasteiger partial charge in [0.15, 0.2) is 0 Å². The van der Waals surface area contributed by atoms with E-state index in [0.717, 1.165) is 21.3 Å². The highest BCUT2D eigenvalue weighted by Crippen LogP contribution is 2.40. The summed E-state index contributed by atoms with van der Waals surface area (Å²) < 4.78 is 5.54. The topological polar surface area (TPSA) is 88.5 Å². The van der Waals surface area contributed by atoms with E-state index in [2.05, 4.69) is 10.3 Å². The lowest BCUT2D eigenvalue weighted by Crippen LogP contribution is -2.10. The van der Waals surface area contributed by atoms with Gasteiger partial charge in [0, 0.05) is 21.2 Å². The predicted octanol–water partition coefficient (Wildman–Crippen LogP) is 3.63. The zero-order chi connectivity index (χ0) is 15.9. The number of aryl methyl sites for hydroxylation is 1. The van der Waals surface area contributed by atoms with Crippen LogP contribution in [0.25, 0.3) is 21.0 Å². The Kier molecular flexibility index (Phi) is 3.42. The first-order valence-electron chi connectivity index (χ1n) is 6.42. The molecule has 1 amide bonds. The Morgan fingerprint density at radius 3 is 2.73 bits per heavy atom. The van der Waals surface area contributed by atoms with E-state index in [1.807, 2.05) is 31.2 Å². The number of fused-ring (bicyclic) bond motifs is 3. The van der Waals surface area contributed by atoms with Gasteiger partial charge >= 0.3 is 12.1 Å². The van der Waals surface area contributed by atoms with Crippen LogP contribution in [0.4, 0.5) is 10.5 Å². The molecule has 112 valence electrons. The molecule has 7 heteroatoms. The summed E-state index contributed by atoms with van der Waals surface area (Å²) in [5.41, 5.74) is 1.86. The molecule has 1 aromatic carbocycles. The lowest BCUT2D eigenvalue weighted by Gasteiger charge is -2.05. The third kappa shape index (κ3) is 2.25. The molecule has 0 saturated carbocycles. The van der Waals surface area contributed by atoms with Gasteiger partial charge in [-0.1, -0.05) is 6.07 Å². The van der Waals surface area contributed by atoms with Gasteiger partial charge in [0.2, 0.25) is 0 Å². The molecule has 22 heavy (non-hydrogen) atoms. The SMILES string of the molecule is COC(=O)c1sc2ccc3nc(C)ccc3c2c1NC(=O)O. The van der Waals surface area contributed by atoms with E-state index in [0.29, 0.717) is 5.39 Å². The lowest BCUT2D eigenvalue weighted by molar-refractivity contribution is 0.0607. The van der Waals surface area contributed by atoms with E-state index in [1.54, 1.807) is 0 Å². The number of benzene rings is 1. The number of anilines is 1. The average molecular weight is 316 g/mol. The lowest BCUT2D eigenvalue weighted by atomic mass is 10.1. The third-order valence-corrected chi connectivity index (χ3v) is 4.40. The molecule has 0 unspecified atom stereocenters. The third-order valence-electron chi connectivity index (χ3n) is 3.26. The molecule has 6 nitrogen and oxygen atoms in total. The van der Waals surface area contributed by atoms with Gasteiger partial charge in [-0.25, -0.2) is 9.59 Å². The minimum atomic E-state index is -1.23. The second-order valence-corrected chi connectivity index (χ2v) is 5.74. The molecule has 0 radical (unpaired) electrons. The zero-order valence-corrected chi connectivity index (χ0v) is 12.7. The van der Waals surface area contributed by atoms with Crippen molar-refractivity contribution in [2.24, 2.45) is 0 Å². The summed E-state index contributed by atoms with van der Waals surface area (Å²) in [5.74, 6) is -0.571. The van der Waals surface area contributed by atoms with Gasteiger partial charge in [0.05, 0.1) is 18.3 Å². The number of methoxy groups -OCH3 is 1. The van der Waals surface area contributed by atoms with Crippen LogP contribution in [0.15, 0.2) is 24.3 Å². The Bertz CT molecular complexity index is 917. The molecule has 2 aromatic heterocycles. The first-order chi connectivity index (χ1) is 10.5. The van der Waals surface area contributed by atoms with Crippen LogP contribution in [0.3, 0.4) is 0 Å². The number of hydrogen-bond donors (Lipinski definition) is 2. The van der Waals surface area contributed by atoms with Crippen LogP contribution >= 0.6 is 11.3 Å². The van der Waals surface area contributed by atoms with Gasteiger partial charge in [0.25, 0.3) is 0 Å². The molecule has 0 atom stereocenters. The summed E-state index contributed by atoms with van der Waals surface area (Å²) in [6.45, 7) is 1.88. The molecular formula is C15H12N2O4S. The summed E-state index contributed by atoms with van der Waals surface area (Å²) in [7, 11) is 1.26. The molecule has 0 aliphatic carbocycles. The van der Waals surface area contributed by atoms with Crippen LogP contribution in [0.1, 0.15) is 15.4 Å². The van der Waals surface area contributed by atoms with Crippen molar-refractivity contribution >= 4 is 50.1 Å². The summed E-state index contributed by atoms with van der Waals surface area (Å²) in [6, 6.07) is 7.41. The number of rotatable bonds is 2. The van der Waals surface area contributed by atoms with Crippen molar-refractivity contribution in [1.82, 2.24) is 4.98 Å². The molecule has 3 rings (SSSR count). The van der Waals surface area contributed by atoms with Crippen LogP contribution in [-0.4, -0.2) is 29.3 Å². The second kappa shape index (κ2) is 5.27. The highest BCUT2D eigenvalue weighted by atomic mass is 32.1. The summed E-state index contributed by atoms with van der Waals surface area (Å²) in [4.78, 5) is 27.7. The largest absolute Gasteiger partial charge is 0.465 e. The maximum absolute atomic E-state index is 11.9. The van der Waals surface area contributed by atoms with E-state index in [4.69, 9.17) is 9.84 Å². The average Bonchev–Trinajstić information content (AvgIpc) is 2.84. The molecule has 0 aliphatic rings. The molecule has 3 aromatic rings. The molecule has 0 fully saturated rings. The Labute approximate surface area is 129 Å². The van der Waals surface area contributed by atoms with Crippen LogP contribution in [0.5, 0.6) is 0 Å². The number of ether oxygens (including phenoxy) is 1.